The Bertz CT molecular complexity index is 481. The number of halogens is 2. The zero-order valence-corrected chi connectivity index (χ0v) is 12.8. The van der Waals surface area contributed by atoms with Crippen molar-refractivity contribution in [2.24, 2.45) is 0 Å². The smallest absolute Gasteiger partial charge is 0.255 e. The molecule has 5 heteroatoms. The van der Waals surface area contributed by atoms with Crippen molar-refractivity contribution >= 4 is 21.8 Å². The number of carbonyl (C=O) groups is 1. The van der Waals surface area contributed by atoms with E-state index < -0.39 is 5.82 Å². The van der Waals surface area contributed by atoms with E-state index in [-0.39, 0.29) is 16.4 Å². The molecular weight excluding hydrogens is 311 g/mol. The minimum absolute atomic E-state index is 0.133. The van der Waals surface area contributed by atoms with Crippen LogP contribution in [0.5, 0.6) is 0 Å². The molecule has 0 spiro atoms. The summed E-state index contributed by atoms with van der Waals surface area (Å²) in [4.78, 5) is 16.4. The minimum atomic E-state index is -0.403. The second-order valence-corrected chi connectivity index (χ2v) is 5.87. The first-order valence-electron chi connectivity index (χ1n) is 6.40. The fraction of sp³-hybridized carbons (Fsp3) is 0.500. The maximum absolute atomic E-state index is 13.5. The summed E-state index contributed by atoms with van der Waals surface area (Å²) in [5, 5.41) is 0. The number of likely N-dealkylation sites (tertiary alicyclic amines) is 1. The van der Waals surface area contributed by atoms with E-state index in [2.05, 4.69) is 27.9 Å². The summed E-state index contributed by atoms with van der Waals surface area (Å²) in [6.07, 6.45) is 2.09. The van der Waals surface area contributed by atoms with Gasteiger partial charge < -0.3 is 9.80 Å². The molecule has 1 aliphatic rings. The molecule has 2 rings (SSSR count). The van der Waals surface area contributed by atoms with Crippen molar-refractivity contribution in [3.05, 3.63) is 34.1 Å². The average Bonchev–Trinajstić information content (AvgIpc) is 2.40. The van der Waals surface area contributed by atoms with Crippen LogP contribution in [0.3, 0.4) is 0 Å². The van der Waals surface area contributed by atoms with Crippen molar-refractivity contribution in [2.45, 2.75) is 18.9 Å². The Hall–Kier alpha value is -0.940. The molecule has 1 saturated heterocycles. The van der Waals surface area contributed by atoms with E-state index in [1.807, 2.05) is 0 Å². The molecule has 1 amide bonds. The van der Waals surface area contributed by atoms with Gasteiger partial charge in [-0.15, -0.1) is 0 Å². The number of amides is 1. The lowest BCUT2D eigenvalue weighted by Crippen LogP contribution is -2.47. The second-order valence-electron chi connectivity index (χ2n) is 5.08. The number of likely N-dealkylation sites (N-methyl/N-ethyl adjacent to an activating group) is 2. The summed E-state index contributed by atoms with van der Waals surface area (Å²) >= 11 is 3.15. The van der Waals surface area contributed by atoms with E-state index in [1.165, 1.54) is 6.07 Å². The Morgan fingerprint density at radius 3 is 2.95 bits per heavy atom. The second kappa shape index (κ2) is 6.01. The van der Waals surface area contributed by atoms with Crippen LogP contribution in [0.15, 0.2) is 22.7 Å². The van der Waals surface area contributed by atoms with Crippen LogP contribution in [0.1, 0.15) is 23.2 Å². The van der Waals surface area contributed by atoms with Gasteiger partial charge in [-0.25, -0.2) is 4.39 Å². The van der Waals surface area contributed by atoms with E-state index in [4.69, 9.17) is 0 Å². The summed E-state index contributed by atoms with van der Waals surface area (Å²) in [6.45, 7) is 1.94. The maximum Gasteiger partial charge on any atom is 0.255 e. The maximum atomic E-state index is 13.5. The molecule has 1 aliphatic heterocycles. The number of piperidine rings is 1. The number of hydrogen-bond donors (Lipinski definition) is 0. The highest BCUT2D eigenvalue weighted by Gasteiger charge is 2.26. The number of benzene rings is 1. The first-order valence-corrected chi connectivity index (χ1v) is 7.19. The number of hydrogen-bond acceptors (Lipinski definition) is 2. The van der Waals surface area contributed by atoms with Crippen LogP contribution in [0.4, 0.5) is 4.39 Å². The van der Waals surface area contributed by atoms with Crippen LogP contribution in [0, 0.1) is 5.82 Å². The largest absolute Gasteiger partial charge is 0.337 e. The predicted molar refractivity (Wildman–Crippen MR) is 76.7 cm³/mol. The molecule has 1 aromatic carbocycles. The number of nitrogens with zero attached hydrogens (tertiary/aromatic N) is 2. The molecule has 1 aromatic rings. The van der Waals surface area contributed by atoms with Crippen LogP contribution in [0.25, 0.3) is 0 Å². The van der Waals surface area contributed by atoms with Gasteiger partial charge in [-0.1, -0.05) is 6.07 Å². The van der Waals surface area contributed by atoms with Crippen molar-refractivity contribution in [3.8, 4) is 0 Å². The lowest BCUT2D eigenvalue weighted by Gasteiger charge is -2.36. The van der Waals surface area contributed by atoms with Crippen molar-refractivity contribution in [3.63, 3.8) is 0 Å². The third-order valence-corrected chi connectivity index (χ3v) is 4.46. The van der Waals surface area contributed by atoms with Gasteiger partial charge in [0.15, 0.2) is 0 Å². The first kappa shape index (κ1) is 14.5. The lowest BCUT2D eigenvalue weighted by molar-refractivity contribution is 0.0642. The van der Waals surface area contributed by atoms with Gasteiger partial charge in [-0.2, -0.15) is 0 Å². The quantitative estimate of drug-likeness (QED) is 0.833. The third kappa shape index (κ3) is 3.15. The number of carbonyl (C=O) groups excluding carboxylic acids is 1. The molecule has 0 aromatic heterocycles. The molecule has 0 aliphatic carbocycles. The Labute approximate surface area is 121 Å². The Morgan fingerprint density at radius 1 is 1.53 bits per heavy atom. The summed E-state index contributed by atoms with van der Waals surface area (Å²) in [7, 11) is 3.85. The van der Waals surface area contributed by atoms with Gasteiger partial charge in [0.05, 0.1) is 10.0 Å². The van der Waals surface area contributed by atoms with Crippen molar-refractivity contribution in [1.82, 2.24) is 9.80 Å². The minimum Gasteiger partial charge on any atom is -0.337 e. The van der Waals surface area contributed by atoms with Crippen LogP contribution in [-0.4, -0.2) is 48.9 Å². The van der Waals surface area contributed by atoms with Crippen LogP contribution >= 0.6 is 15.9 Å². The molecule has 19 heavy (non-hydrogen) atoms. The van der Waals surface area contributed by atoms with Gasteiger partial charge in [-0.3, -0.25) is 4.79 Å². The fourth-order valence-corrected chi connectivity index (χ4v) is 2.91. The average molecular weight is 329 g/mol. The summed E-state index contributed by atoms with van der Waals surface area (Å²) in [6, 6.07) is 4.75. The Balaban J connectivity index is 2.16. The normalized spacial score (nSPS) is 20.3. The van der Waals surface area contributed by atoms with Gasteiger partial charge in [0.2, 0.25) is 0 Å². The highest BCUT2D eigenvalue weighted by atomic mass is 79.9. The molecule has 1 fully saturated rings. The molecule has 0 N–H and O–H groups in total. The molecular formula is C14H18BrFN2O. The van der Waals surface area contributed by atoms with Crippen molar-refractivity contribution in [1.29, 1.82) is 0 Å². The van der Waals surface area contributed by atoms with Gasteiger partial charge in [-0.05, 0) is 54.5 Å². The highest BCUT2D eigenvalue weighted by Crippen LogP contribution is 2.23. The van der Waals surface area contributed by atoms with E-state index in [1.54, 1.807) is 24.1 Å². The number of rotatable bonds is 2. The summed E-state index contributed by atoms with van der Waals surface area (Å²) in [5.41, 5.74) is 0.385. The Morgan fingerprint density at radius 2 is 2.26 bits per heavy atom. The van der Waals surface area contributed by atoms with E-state index in [0.717, 1.165) is 25.9 Å². The molecule has 1 heterocycles. The summed E-state index contributed by atoms with van der Waals surface area (Å²) < 4.78 is 13.7. The zero-order valence-electron chi connectivity index (χ0n) is 11.2. The molecule has 104 valence electrons. The third-order valence-electron chi connectivity index (χ3n) is 3.65. The SMILES string of the molecule is CN1CCCC(N(C)C(=O)c2cccc(F)c2Br)C1. The summed E-state index contributed by atoms with van der Waals surface area (Å²) in [5.74, 6) is -0.535. The van der Waals surface area contributed by atoms with Crippen LogP contribution < -0.4 is 0 Å². The van der Waals surface area contributed by atoms with Gasteiger partial charge in [0.25, 0.3) is 5.91 Å². The topological polar surface area (TPSA) is 23.6 Å². The predicted octanol–water partition coefficient (Wildman–Crippen LogP) is 2.75. The van der Waals surface area contributed by atoms with Gasteiger partial charge >= 0.3 is 0 Å². The molecule has 1 unspecified atom stereocenters. The zero-order chi connectivity index (χ0) is 14.0. The standard InChI is InChI=1S/C14H18BrFN2O/c1-17-8-4-5-10(9-17)18(2)14(19)11-6-3-7-12(16)13(11)15/h3,6-7,10H,4-5,8-9H2,1-2H3. The van der Waals surface area contributed by atoms with Gasteiger partial charge in [0, 0.05) is 19.6 Å². The molecule has 1 atom stereocenters. The van der Waals surface area contributed by atoms with Crippen molar-refractivity contribution < 1.29 is 9.18 Å². The highest BCUT2D eigenvalue weighted by molar-refractivity contribution is 9.10. The van der Waals surface area contributed by atoms with E-state index in [9.17, 15) is 9.18 Å². The first-order chi connectivity index (χ1) is 9.00. The fourth-order valence-electron chi connectivity index (χ4n) is 2.48. The molecule has 0 bridgehead atoms. The lowest BCUT2D eigenvalue weighted by atomic mass is 10.0. The molecule has 3 nitrogen and oxygen atoms in total. The van der Waals surface area contributed by atoms with E-state index in [0.29, 0.717) is 5.56 Å². The van der Waals surface area contributed by atoms with Gasteiger partial charge in [0.1, 0.15) is 5.82 Å². The molecule has 0 saturated carbocycles. The van der Waals surface area contributed by atoms with E-state index >= 15 is 0 Å². The monoisotopic (exact) mass is 328 g/mol. The van der Waals surface area contributed by atoms with Crippen molar-refractivity contribution in [2.75, 3.05) is 27.2 Å². The van der Waals surface area contributed by atoms with Crippen LogP contribution in [0.2, 0.25) is 0 Å². The molecule has 0 radical (unpaired) electrons. The Kier molecular flexibility index (Phi) is 4.58. The van der Waals surface area contributed by atoms with Crippen LogP contribution in [-0.2, 0) is 0 Å².